The normalized spacial score (nSPS) is 22.6. The minimum atomic E-state index is -3.74. The highest BCUT2D eigenvalue weighted by Crippen LogP contribution is 2.21. The molecule has 3 unspecified atom stereocenters. The van der Waals surface area contributed by atoms with Gasteiger partial charge in [-0.25, -0.2) is 17.6 Å². The molecule has 1 heterocycles. The second kappa shape index (κ2) is 8.11. The molecule has 26 heavy (non-hydrogen) atoms. The van der Waals surface area contributed by atoms with Crippen LogP contribution in [0.3, 0.4) is 0 Å². The Morgan fingerprint density at radius 1 is 1.27 bits per heavy atom. The van der Waals surface area contributed by atoms with Crippen molar-refractivity contribution in [2.24, 2.45) is 0 Å². The lowest BCUT2D eigenvalue weighted by molar-refractivity contribution is -0.139. The number of carbonyl (C=O) groups is 2. The molecule has 2 rings (SSSR count). The fraction of sp³-hybridized carbons (Fsp3) is 0.500. The van der Waals surface area contributed by atoms with Crippen molar-refractivity contribution in [1.29, 1.82) is 0 Å². The number of amides is 1. The number of nitrogens with one attached hydrogen (secondary N) is 1. The molecule has 0 saturated carbocycles. The van der Waals surface area contributed by atoms with Crippen molar-refractivity contribution < 1.29 is 32.2 Å². The molecule has 1 saturated heterocycles. The van der Waals surface area contributed by atoms with E-state index in [1.54, 1.807) is 13.8 Å². The van der Waals surface area contributed by atoms with Crippen LogP contribution in [-0.4, -0.2) is 67.7 Å². The van der Waals surface area contributed by atoms with Crippen molar-refractivity contribution in [3.8, 4) is 0 Å². The first-order valence-corrected chi connectivity index (χ1v) is 9.44. The van der Waals surface area contributed by atoms with Crippen molar-refractivity contribution in [3.63, 3.8) is 0 Å². The molecular weight excluding hydrogens is 367 g/mol. The molecule has 1 aliphatic heterocycles. The summed E-state index contributed by atoms with van der Waals surface area (Å²) in [6, 6.07) is 3.39. The van der Waals surface area contributed by atoms with Gasteiger partial charge in [0, 0.05) is 18.7 Å². The Labute approximate surface area is 151 Å². The van der Waals surface area contributed by atoms with E-state index in [1.807, 2.05) is 5.32 Å². The lowest BCUT2D eigenvalue weighted by Gasteiger charge is -2.34. The number of nitrogens with zero attached hydrogens (tertiary/aromatic N) is 1. The van der Waals surface area contributed by atoms with Crippen molar-refractivity contribution in [2.75, 3.05) is 19.8 Å². The maximum absolute atomic E-state index is 12.7. The molecule has 8 nitrogen and oxygen atoms in total. The molecule has 1 amide bonds. The minimum absolute atomic E-state index is 0.00984. The van der Waals surface area contributed by atoms with Crippen LogP contribution in [0.5, 0.6) is 0 Å². The van der Waals surface area contributed by atoms with E-state index in [-0.39, 0.29) is 35.8 Å². The molecule has 0 bridgehead atoms. The van der Waals surface area contributed by atoms with Gasteiger partial charge >= 0.3 is 5.97 Å². The van der Waals surface area contributed by atoms with Gasteiger partial charge in [-0.15, -0.1) is 0 Å². The van der Waals surface area contributed by atoms with E-state index < -0.39 is 34.6 Å². The number of benzene rings is 1. The second-order valence-electron chi connectivity index (χ2n) is 6.12. The number of rotatable bonds is 6. The Kier molecular flexibility index (Phi) is 6.32. The first kappa shape index (κ1) is 20.3. The third kappa shape index (κ3) is 4.57. The zero-order valence-electron chi connectivity index (χ0n) is 14.4. The quantitative estimate of drug-likeness (QED) is 0.739. The van der Waals surface area contributed by atoms with E-state index >= 15 is 0 Å². The smallest absolute Gasteiger partial charge is 0.328 e. The van der Waals surface area contributed by atoms with Gasteiger partial charge in [-0.05, 0) is 38.1 Å². The van der Waals surface area contributed by atoms with Crippen LogP contribution in [0.25, 0.3) is 0 Å². The highest BCUT2D eigenvalue weighted by Gasteiger charge is 2.32. The van der Waals surface area contributed by atoms with Crippen LogP contribution >= 0.6 is 0 Å². The number of hydrogen-bond donors (Lipinski definition) is 2. The molecule has 2 N–H and O–H groups in total. The number of sulfonamides is 1. The standard InChI is InChI=1S/C16H21FN2O6S/c1-10-8-19(9-11(2)25-10)26(23,24)13-5-3-12(4-6-13)15(20)18-14(7-17)16(21)22/h3-6,10-11,14H,7-9H2,1-2H3,(H,18,20)(H,21,22). The zero-order chi connectivity index (χ0) is 19.5. The van der Waals surface area contributed by atoms with Gasteiger partial charge in [-0.3, -0.25) is 4.79 Å². The zero-order valence-corrected chi connectivity index (χ0v) is 15.2. The SMILES string of the molecule is CC1CN(S(=O)(=O)c2ccc(C(=O)NC(CF)C(=O)O)cc2)CC(C)O1. The van der Waals surface area contributed by atoms with Gasteiger partial charge in [-0.1, -0.05) is 0 Å². The molecule has 1 aromatic carbocycles. The number of halogens is 1. The van der Waals surface area contributed by atoms with Crippen LogP contribution in [0, 0.1) is 0 Å². The predicted molar refractivity (Wildman–Crippen MR) is 90.1 cm³/mol. The second-order valence-corrected chi connectivity index (χ2v) is 8.06. The lowest BCUT2D eigenvalue weighted by atomic mass is 10.2. The number of alkyl halides is 1. The van der Waals surface area contributed by atoms with Crippen LogP contribution < -0.4 is 5.32 Å². The summed E-state index contributed by atoms with van der Waals surface area (Å²) in [5.41, 5.74) is 0.0346. The average molecular weight is 388 g/mol. The Bertz CT molecular complexity index is 757. The van der Waals surface area contributed by atoms with Gasteiger partial charge < -0.3 is 15.2 Å². The molecule has 0 aliphatic carbocycles. The van der Waals surface area contributed by atoms with Crippen LogP contribution in [0.15, 0.2) is 29.2 Å². The summed E-state index contributed by atoms with van der Waals surface area (Å²) in [6.45, 7) is 2.78. The van der Waals surface area contributed by atoms with Crippen LogP contribution in [0.1, 0.15) is 24.2 Å². The molecule has 1 aliphatic rings. The van der Waals surface area contributed by atoms with E-state index in [1.165, 1.54) is 28.6 Å². The molecular formula is C16H21FN2O6S. The fourth-order valence-corrected chi connectivity index (χ4v) is 4.25. The van der Waals surface area contributed by atoms with Crippen LogP contribution in [-0.2, 0) is 19.6 Å². The summed E-state index contributed by atoms with van der Waals surface area (Å²) in [6.07, 6.45) is -0.459. The van der Waals surface area contributed by atoms with Crippen LogP contribution in [0.4, 0.5) is 4.39 Å². The van der Waals surface area contributed by atoms with Crippen molar-refractivity contribution in [2.45, 2.75) is 37.0 Å². The maximum atomic E-state index is 12.7. The van der Waals surface area contributed by atoms with Crippen LogP contribution in [0.2, 0.25) is 0 Å². The first-order valence-electron chi connectivity index (χ1n) is 8.00. The fourth-order valence-electron chi connectivity index (χ4n) is 2.66. The molecule has 10 heteroatoms. The first-order chi connectivity index (χ1) is 12.1. The minimum Gasteiger partial charge on any atom is -0.480 e. The van der Waals surface area contributed by atoms with Gasteiger partial charge in [0.1, 0.15) is 6.67 Å². The molecule has 0 radical (unpaired) electrons. The highest BCUT2D eigenvalue weighted by atomic mass is 32.2. The molecule has 1 fully saturated rings. The lowest BCUT2D eigenvalue weighted by Crippen LogP contribution is -2.48. The number of morpholine rings is 1. The summed E-state index contributed by atoms with van der Waals surface area (Å²) < 4.78 is 44.9. The summed E-state index contributed by atoms with van der Waals surface area (Å²) in [5.74, 6) is -2.29. The van der Waals surface area contributed by atoms with E-state index in [4.69, 9.17) is 9.84 Å². The maximum Gasteiger partial charge on any atom is 0.328 e. The summed E-state index contributed by atoms with van der Waals surface area (Å²) in [4.78, 5) is 22.7. The van der Waals surface area contributed by atoms with E-state index in [0.29, 0.717) is 0 Å². The van der Waals surface area contributed by atoms with Gasteiger partial charge in [0.15, 0.2) is 6.04 Å². The van der Waals surface area contributed by atoms with E-state index in [0.717, 1.165) is 0 Å². The Morgan fingerprint density at radius 3 is 2.27 bits per heavy atom. The topological polar surface area (TPSA) is 113 Å². The Morgan fingerprint density at radius 2 is 1.81 bits per heavy atom. The highest BCUT2D eigenvalue weighted by molar-refractivity contribution is 7.89. The number of aliphatic carboxylic acids is 1. The number of carbonyl (C=O) groups excluding carboxylic acids is 1. The van der Waals surface area contributed by atoms with Crippen molar-refractivity contribution >= 4 is 21.9 Å². The number of carboxylic acids is 1. The summed E-state index contributed by atoms with van der Waals surface area (Å²) in [7, 11) is -3.74. The number of carboxylic acid groups (broad SMARTS) is 1. The average Bonchev–Trinajstić information content (AvgIpc) is 2.58. The molecule has 3 atom stereocenters. The van der Waals surface area contributed by atoms with Gasteiger partial charge in [0.25, 0.3) is 5.91 Å². The predicted octanol–water partition coefficient (Wildman–Crippen LogP) is 0.637. The van der Waals surface area contributed by atoms with E-state index in [9.17, 15) is 22.4 Å². The molecule has 144 valence electrons. The van der Waals surface area contributed by atoms with Gasteiger partial charge in [0.05, 0.1) is 17.1 Å². The number of ether oxygens (including phenoxy) is 1. The van der Waals surface area contributed by atoms with E-state index in [2.05, 4.69) is 0 Å². The summed E-state index contributed by atoms with van der Waals surface area (Å²) >= 11 is 0. The van der Waals surface area contributed by atoms with Crippen molar-refractivity contribution in [3.05, 3.63) is 29.8 Å². The Hall–Kier alpha value is -2.04. The third-order valence-electron chi connectivity index (χ3n) is 3.90. The van der Waals surface area contributed by atoms with Gasteiger partial charge in [0.2, 0.25) is 10.0 Å². The monoisotopic (exact) mass is 388 g/mol. The number of hydrogen-bond acceptors (Lipinski definition) is 5. The molecule has 1 aromatic rings. The third-order valence-corrected chi connectivity index (χ3v) is 5.74. The molecule has 0 aromatic heterocycles. The van der Waals surface area contributed by atoms with Gasteiger partial charge in [-0.2, -0.15) is 4.31 Å². The largest absolute Gasteiger partial charge is 0.480 e. The molecule has 0 spiro atoms. The van der Waals surface area contributed by atoms with Crippen molar-refractivity contribution in [1.82, 2.24) is 9.62 Å². The summed E-state index contributed by atoms with van der Waals surface area (Å²) in [5, 5.41) is 10.8. The Balaban J connectivity index is 2.15.